The molecule has 84 valence electrons. The van der Waals surface area contributed by atoms with Gasteiger partial charge >= 0.3 is 0 Å². The average molecular weight is 259 g/mol. The van der Waals surface area contributed by atoms with Crippen LogP contribution in [0.5, 0.6) is 0 Å². The molecule has 0 amide bonds. The molecule has 1 N–H and O–H groups in total. The van der Waals surface area contributed by atoms with Gasteiger partial charge in [0.1, 0.15) is 6.61 Å². The molecule has 0 bridgehead atoms. The Morgan fingerprint density at radius 2 is 2.12 bits per heavy atom. The zero-order chi connectivity index (χ0) is 11.5. The van der Waals surface area contributed by atoms with E-state index in [1.165, 1.54) is 0 Å². The van der Waals surface area contributed by atoms with E-state index in [0.29, 0.717) is 22.3 Å². The predicted octanol–water partition coefficient (Wildman–Crippen LogP) is 2.46. The fourth-order valence-electron chi connectivity index (χ4n) is 1.28. The molecule has 1 heterocycles. The lowest BCUT2D eigenvalue weighted by Gasteiger charge is -2.01. The summed E-state index contributed by atoms with van der Waals surface area (Å²) in [6.45, 7) is -0.268. The highest BCUT2D eigenvalue weighted by molar-refractivity contribution is 6.33. The van der Waals surface area contributed by atoms with Crippen LogP contribution < -0.4 is 0 Å². The second kappa shape index (κ2) is 4.82. The Kier molecular flexibility index (Phi) is 3.43. The molecular formula is C10H8Cl2N2O2. The first-order chi connectivity index (χ1) is 7.69. The van der Waals surface area contributed by atoms with E-state index in [9.17, 15) is 0 Å². The molecule has 16 heavy (non-hydrogen) atoms. The largest absolute Gasteiger partial charge is 0.387 e. The number of hydrogen-bond donors (Lipinski definition) is 1. The Labute approximate surface area is 102 Å². The summed E-state index contributed by atoms with van der Waals surface area (Å²) in [5, 5.41) is 13.7. The van der Waals surface area contributed by atoms with E-state index in [1.54, 1.807) is 18.2 Å². The van der Waals surface area contributed by atoms with Crippen molar-refractivity contribution in [2.75, 3.05) is 0 Å². The van der Waals surface area contributed by atoms with Crippen LogP contribution in [0.2, 0.25) is 10.0 Å². The molecule has 0 aliphatic carbocycles. The molecule has 0 saturated heterocycles. The van der Waals surface area contributed by atoms with Crippen LogP contribution in [0.25, 0.3) is 0 Å². The van der Waals surface area contributed by atoms with Gasteiger partial charge in [-0.25, -0.2) is 0 Å². The van der Waals surface area contributed by atoms with Gasteiger partial charge in [0.25, 0.3) is 5.89 Å². The van der Waals surface area contributed by atoms with Crippen molar-refractivity contribution >= 4 is 23.2 Å². The van der Waals surface area contributed by atoms with Gasteiger partial charge in [0.05, 0.1) is 0 Å². The third-order valence-electron chi connectivity index (χ3n) is 2.00. The summed E-state index contributed by atoms with van der Waals surface area (Å²) in [6.07, 6.45) is 0.420. The van der Waals surface area contributed by atoms with Crippen molar-refractivity contribution in [1.29, 1.82) is 0 Å². The van der Waals surface area contributed by atoms with Crippen LogP contribution >= 0.6 is 23.2 Å². The minimum atomic E-state index is -0.268. The van der Waals surface area contributed by atoms with E-state index >= 15 is 0 Å². The van der Waals surface area contributed by atoms with Gasteiger partial charge in [-0.15, -0.1) is 0 Å². The minimum absolute atomic E-state index is 0.188. The van der Waals surface area contributed by atoms with E-state index in [4.69, 9.17) is 32.8 Å². The summed E-state index contributed by atoms with van der Waals surface area (Å²) in [5.74, 6) is 0.654. The van der Waals surface area contributed by atoms with E-state index in [0.717, 1.165) is 5.56 Å². The van der Waals surface area contributed by atoms with Gasteiger partial charge in [0.2, 0.25) is 0 Å². The fourth-order valence-corrected chi connectivity index (χ4v) is 1.65. The van der Waals surface area contributed by atoms with Crippen molar-refractivity contribution in [2.24, 2.45) is 0 Å². The second-order valence-electron chi connectivity index (χ2n) is 3.17. The molecule has 2 rings (SSSR count). The molecular weight excluding hydrogens is 251 g/mol. The number of aliphatic hydroxyl groups is 1. The van der Waals surface area contributed by atoms with Gasteiger partial charge in [-0.05, 0) is 23.8 Å². The predicted molar refractivity (Wildman–Crippen MR) is 59.5 cm³/mol. The number of aromatic nitrogens is 2. The maximum Gasteiger partial charge on any atom is 0.252 e. The Morgan fingerprint density at radius 3 is 2.81 bits per heavy atom. The number of hydrogen-bond acceptors (Lipinski definition) is 4. The number of nitrogens with zero attached hydrogens (tertiary/aromatic N) is 2. The normalized spacial score (nSPS) is 10.7. The monoisotopic (exact) mass is 258 g/mol. The van der Waals surface area contributed by atoms with Gasteiger partial charge in [-0.3, -0.25) is 0 Å². The zero-order valence-corrected chi connectivity index (χ0v) is 9.66. The molecule has 0 fully saturated rings. The lowest BCUT2D eigenvalue weighted by atomic mass is 10.1. The first kappa shape index (κ1) is 11.4. The smallest absolute Gasteiger partial charge is 0.252 e. The van der Waals surface area contributed by atoms with Gasteiger partial charge in [-0.2, -0.15) is 4.98 Å². The second-order valence-corrected chi connectivity index (χ2v) is 4.02. The first-order valence-electron chi connectivity index (χ1n) is 4.55. The van der Waals surface area contributed by atoms with Crippen LogP contribution in [-0.4, -0.2) is 15.2 Å². The number of halogens is 2. The molecule has 0 atom stereocenters. The number of rotatable bonds is 3. The molecule has 0 aliphatic heterocycles. The maximum atomic E-state index is 8.77. The van der Waals surface area contributed by atoms with Crippen molar-refractivity contribution in [3.63, 3.8) is 0 Å². The summed E-state index contributed by atoms with van der Waals surface area (Å²) in [6, 6.07) is 5.17. The molecule has 2 aromatic rings. The van der Waals surface area contributed by atoms with E-state index in [-0.39, 0.29) is 12.5 Å². The Hall–Kier alpha value is -1.10. The molecule has 4 nitrogen and oxygen atoms in total. The number of benzene rings is 1. The van der Waals surface area contributed by atoms with Crippen molar-refractivity contribution in [3.8, 4) is 0 Å². The van der Waals surface area contributed by atoms with Crippen molar-refractivity contribution < 1.29 is 9.63 Å². The van der Waals surface area contributed by atoms with E-state index in [1.807, 2.05) is 0 Å². The van der Waals surface area contributed by atoms with Crippen LogP contribution in [-0.2, 0) is 13.0 Å². The third kappa shape index (κ3) is 2.52. The lowest BCUT2D eigenvalue weighted by molar-refractivity contribution is 0.222. The molecule has 0 unspecified atom stereocenters. The first-order valence-corrected chi connectivity index (χ1v) is 5.31. The molecule has 0 spiro atoms. The Morgan fingerprint density at radius 1 is 1.31 bits per heavy atom. The van der Waals surface area contributed by atoms with E-state index < -0.39 is 0 Å². The highest BCUT2D eigenvalue weighted by Gasteiger charge is 2.08. The summed E-state index contributed by atoms with van der Waals surface area (Å²) >= 11 is 11.8. The highest BCUT2D eigenvalue weighted by atomic mass is 35.5. The minimum Gasteiger partial charge on any atom is -0.387 e. The van der Waals surface area contributed by atoms with Crippen LogP contribution in [0.15, 0.2) is 22.7 Å². The summed E-state index contributed by atoms with van der Waals surface area (Å²) in [5.41, 5.74) is 0.819. The standard InChI is InChI=1S/C10H8Cl2N2O2/c11-7-1-2-8(12)6(3-7)4-9-13-10(5-15)16-14-9/h1-3,15H,4-5H2. The quantitative estimate of drug-likeness (QED) is 0.919. The molecule has 6 heteroatoms. The highest BCUT2D eigenvalue weighted by Crippen LogP contribution is 2.22. The van der Waals surface area contributed by atoms with Crippen LogP contribution in [0, 0.1) is 0 Å². The van der Waals surface area contributed by atoms with Gasteiger partial charge in [-0.1, -0.05) is 28.4 Å². The molecule has 1 aromatic heterocycles. The maximum absolute atomic E-state index is 8.77. The molecule has 0 saturated carbocycles. The van der Waals surface area contributed by atoms with E-state index in [2.05, 4.69) is 10.1 Å². The zero-order valence-electron chi connectivity index (χ0n) is 8.15. The molecule has 0 radical (unpaired) electrons. The van der Waals surface area contributed by atoms with Crippen molar-refractivity contribution in [2.45, 2.75) is 13.0 Å². The van der Waals surface area contributed by atoms with Gasteiger partial charge in [0, 0.05) is 16.5 Å². The summed E-state index contributed by atoms with van der Waals surface area (Å²) in [4.78, 5) is 3.97. The Bertz CT molecular complexity index is 499. The number of aliphatic hydroxyl groups excluding tert-OH is 1. The molecule has 1 aromatic carbocycles. The van der Waals surface area contributed by atoms with Crippen molar-refractivity contribution in [1.82, 2.24) is 10.1 Å². The lowest BCUT2D eigenvalue weighted by Crippen LogP contribution is -1.92. The average Bonchev–Trinajstić information content (AvgIpc) is 2.71. The topological polar surface area (TPSA) is 59.2 Å². The summed E-state index contributed by atoms with van der Waals surface area (Å²) in [7, 11) is 0. The van der Waals surface area contributed by atoms with Crippen LogP contribution in [0.1, 0.15) is 17.3 Å². The molecule has 0 aliphatic rings. The Balaban J connectivity index is 2.22. The summed E-state index contributed by atoms with van der Waals surface area (Å²) < 4.78 is 4.77. The third-order valence-corrected chi connectivity index (χ3v) is 2.61. The fraction of sp³-hybridized carbons (Fsp3) is 0.200. The SMILES string of the molecule is OCc1nc(Cc2cc(Cl)ccc2Cl)no1. The van der Waals surface area contributed by atoms with Gasteiger partial charge < -0.3 is 9.63 Å². The van der Waals surface area contributed by atoms with Crippen molar-refractivity contribution in [3.05, 3.63) is 45.5 Å². The van der Waals surface area contributed by atoms with Crippen LogP contribution in [0.4, 0.5) is 0 Å². The van der Waals surface area contributed by atoms with Crippen LogP contribution in [0.3, 0.4) is 0 Å². The van der Waals surface area contributed by atoms with Gasteiger partial charge in [0.15, 0.2) is 5.82 Å².